The van der Waals surface area contributed by atoms with Gasteiger partial charge in [-0.1, -0.05) is 0 Å². The predicted octanol–water partition coefficient (Wildman–Crippen LogP) is 4.43. The molecule has 0 aliphatic heterocycles. The van der Waals surface area contributed by atoms with Crippen molar-refractivity contribution in [2.75, 3.05) is 0 Å². The van der Waals surface area contributed by atoms with E-state index in [1.54, 1.807) is 60.6 Å². The summed E-state index contributed by atoms with van der Waals surface area (Å²) in [5, 5.41) is 0. The van der Waals surface area contributed by atoms with Crippen LogP contribution in [-0.2, 0) is 25.6 Å². The molecule has 0 unspecified atom stereocenters. The normalized spacial score (nSPS) is 11.6. The molecule has 8 nitrogen and oxygen atoms in total. The van der Waals surface area contributed by atoms with Crippen LogP contribution in [0, 0.1) is 6.92 Å². The van der Waals surface area contributed by atoms with Crippen LogP contribution in [0.4, 0.5) is 0 Å². The summed E-state index contributed by atoms with van der Waals surface area (Å²) < 4.78 is 16.0. The first-order chi connectivity index (χ1) is 14.6. The number of pyridine rings is 2. The van der Waals surface area contributed by atoms with Gasteiger partial charge < -0.3 is 14.2 Å². The Morgan fingerprint density at radius 2 is 1.25 bits per heavy atom. The number of carbonyl (C=O) groups is 3. The minimum atomic E-state index is -0.692. The monoisotopic (exact) mass is 442 g/mol. The van der Waals surface area contributed by atoms with Gasteiger partial charge in [0.2, 0.25) is 0 Å². The molecular formula is C24H30N2O6. The first kappa shape index (κ1) is 25.0. The lowest BCUT2D eigenvalue weighted by Gasteiger charge is -2.20. The number of aryl methyl sites for hydroxylation is 1. The largest absolute Gasteiger partial charge is 0.459 e. The number of hydrogen-bond acceptors (Lipinski definition) is 8. The third kappa shape index (κ3) is 7.76. The van der Waals surface area contributed by atoms with Crippen LogP contribution in [0.1, 0.15) is 80.6 Å². The lowest BCUT2D eigenvalue weighted by Crippen LogP contribution is -2.24. The molecule has 0 aromatic carbocycles. The fraction of sp³-hybridized carbons (Fsp3) is 0.458. The second-order valence-corrected chi connectivity index (χ2v) is 9.40. The standard InChI is InChI=1S/C24H30N2O6/c1-14-9-16(21(28)31-23(3,4)5)11-19(25-14)20-12-17(22(29)32-24(6,7)8)10-18(26-20)13-30-15(2)27/h9-12H,13H2,1-8H3. The van der Waals surface area contributed by atoms with Crippen LogP contribution in [0.25, 0.3) is 11.4 Å². The van der Waals surface area contributed by atoms with Crippen LogP contribution >= 0.6 is 0 Å². The van der Waals surface area contributed by atoms with E-state index in [9.17, 15) is 14.4 Å². The van der Waals surface area contributed by atoms with Gasteiger partial charge in [-0.05, 0) is 72.7 Å². The fourth-order valence-electron chi connectivity index (χ4n) is 2.68. The fourth-order valence-corrected chi connectivity index (χ4v) is 2.68. The molecule has 2 aromatic heterocycles. The maximum Gasteiger partial charge on any atom is 0.338 e. The van der Waals surface area contributed by atoms with Crippen LogP contribution < -0.4 is 0 Å². The van der Waals surface area contributed by atoms with E-state index in [2.05, 4.69) is 9.97 Å². The molecule has 32 heavy (non-hydrogen) atoms. The third-order valence-electron chi connectivity index (χ3n) is 3.79. The lowest BCUT2D eigenvalue weighted by molar-refractivity contribution is -0.142. The number of nitrogens with zero attached hydrogens (tertiary/aromatic N) is 2. The minimum absolute atomic E-state index is 0.121. The zero-order valence-corrected chi connectivity index (χ0v) is 19.9. The van der Waals surface area contributed by atoms with Crippen LogP contribution in [0.3, 0.4) is 0 Å². The van der Waals surface area contributed by atoms with E-state index < -0.39 is 29.1 Å². The SMILES string of the molecule is CC(=O)OCc1cc(C(=O)OC(C)(C)C)cc(-c2cc(C(=O)OC(C)(C)C)cc(C)n2)n1. The summed E-state index contributed by atoms with van der Waals surface area (Å²) in [7, 11) is 0. The van der Waals surface area contributed by atoms with Gasteiger partial charge in [0.15, 0.2) is 0 Å². The van der Waals surface area contributed by atoms with Crippen LogP contribution in [-0.4, -0.2) is 39.1 Å². The molecule has 0 amide bonds. The van der Waals surface area contributed by atoms with Gasteiger partial charge in [0.1, 0.15) is 17.8 Å². The predicted molar refractivity (Wildman–Crippen MR) is 118 cm³/mol. The van der Waals surface area contributed by atoms with Gasteiger partial charge in [0.25, 0.3) is 0 Å². The van der Waals surface area contributed by atoms with Gasteiger partial charge in [0.05, 0.1) is 28.2 Å². The molecule has 0 radical (unpaired) electrons. The summed E-state index contributed by atoms with van der Waals surface area (Å²) in [6.45, 7) is 13.6. The summed E-state index contributed by atoms with van der Waals surface area (Å²) in [6, 6.07) is 6.21. The lowest BCUT2D eigenvalue weighted by atomic mass is 10.1. The zero-order valence-electron chi connectivity index (χ0n) is 19.9. The molecule has 0 spiro atoms. The number of aromatic nitrogens is 2. The van der Waals surface area contributed by atoms with Crippen molar-refractivity contribution in [2.24, 2.45) is 0 Å². The molecule has 0 saturated heterocycles. The average molecular weight is 443 g/mol. The summed E-state index contributed by atoms with van der Waals surface area (Å²) >= 11 is 0. The highest BCUT2D eigenvalue weighted by molar-refractivity contribution is 5.92. The van der Waals surface area contributed by atoms with E-state index in [1.807, 2.05) is 0 Å². The van der Waals surface area contributed by atoms with E-state index in [0.29, 0.717) is 28.3 Å². The van der Waals surface area contributed by atoms with Crippen molar-refractivity contribution >= 4 is 17.9 Å². The highest BCUT2D eigenvalue weighted by Crippen LogP contribution is 2.23. The Balaban J connectivity index is 2.54. The Morgan fingerprint density at radius 3 is 1.72 bits per heavy atom. The number of ether oxygens (including phenoxy) is 3. The van der Waals surface area contributed by atoms with Gasteiger partial charge >= 0.3 is 17.9 Å². The Bertz CT molecular complexity index is 1030. The second-order valence-electron chi connectivity index (χ2n) is 9.40. The van der Waals surface area contributed by atoms with Crippen molar-refractivity contribution in [1.29, 1.82) is 0 Å². The smallest absolute Gasteiger partial charge is 0.338 e. The first-order valence-corrected chi connectivity index (χ1v) is 10.2. The summed E-state index contributed by atoms with van der Waals surface area (Å²) in [5.41, 5.74) is 0.838. The number of carbonyl (C=O) groups excluding carboxylic acids is 3. The van der Waals surface area contributed by atoms with Gasteiger partial charge in [-0.3, -0.25) is 9.78 Å². The van der Waals surface area contributed by atoms with Crippen LogP contribution in [0.2, 0.25) is 0 Å². The Hall–Kier alpha value is -3.29. The van der Waals surface area contributed by atoms with Gasteiger partial charge in [-0.2, -0.15) is 0 Å². The van der Waals surface area contributed by atoms with Gasteiger partial charge in [0, 0.05) is 12.6 Å². The molecule has 0 N–H and O–H groups in total. The molecule has 0 fully saturated rings. The highest BCUT2D eigenvalue weighted by atomic mass is 16.6. The maximum absolute atomic E-state index is 12.7. The van der Waals surface area contributed by atoms with Crippen LogP contribution in [0.15, 0.2) is 24.3 Å². The third-order valence-corrected chi connectivity index (χ3v) is 3.79. The molecule has 0 aliphatic carbocycles. The molecule has 2 heterocycles. The second kappa shape index (κ2) is 9.46. The van der Waals surface area contributed by atoms with Crippen LogP contribution in [0.5, 0.6) is 0 Å². The van der Waals surface area contributed by atoms with E-state index >= 15 is 0 Å². The molecular weight excluding hydrogens is 412 g/mol. The molecule has 8 heteroatoms. The average Bonchev–Trinajstić information content (AvgIpc) is 2.63. The summed E-state index contributed by atoms with van der Waals surface area (Å²) in [5.74, 6) is -1.52. The molecule has 0 atom stereocenters. The Labute approximate surface area is 188 Å². The van der Waals surface area contributed by atoms with Gasteiger partial charge in [-0.25, -0.2) is 14.6 Å². The topological polar surface area (TPSA) is 105 Å². The quantitative estimate of drug-likeness (QED) is 0.495. The summed E-state index contributed by atoms with van der Waals surface area (Å²) in [4.78, 5) is 45.4. The minimum Gasteiger partial charge on any atom is -0.459 e. The Kier molecular flexibility index (Phi) is 7.38. The molecule has 0 bridgehead atoms. The number of rotatable bonds is 5. The maximum atomic E-state index is 12.7. The Morgan fingerprint density at radius 1 is 0.781 bits per heavy atom. The van der Waals surface area contributed by atoms with E-state index in [0.717, 1.165) is 0 Å². The van der Waals surface area contributed by atoms with Crippen molar-refractivity contribution < 1.29 is 28.6 Å². The van der Waals surface area contributed by atoms with Gasteiger partial charge in [-0.15, -0.1) is 0 Å². The molecule has 0 saturated carbocycles. The van der Waals surface area contributed by atoms with Crippen molar-refractivity contribution in [3.05, 3.63) is 46.8 Å². The first-order valence-electron chi connectivity index (χ1n) is 10.2. The van der Waals surface area contributed by atoms with Crippen molar-refractivity contribution in [3.63, 3.8) is 0 Å². The molecule has 2 rings (SSSR count). The van der Waals surface area contributed by atoms with E-state index in [4.69, 9.17) is 14.2 Å². The number of esters is 3. The zero-order chi connectivity index (χ0) is 24.3. The number of hydrogen-bond donors (Lipinski definition) is 0. The van der Waals surface area contributed by atoms with E-state index in [1.165, 1.54) is 19.1 Å². The highest BCUT2D eigenvalue weighted by Gasteiger charge is 2.22. The van der Waals surface area contributed by atoms with Crippen molar-refractivity contribution in [2.45, 2.75) is 73.2 Å². The van der Waals surface area contributed by atoms with Crippen molar-refractivity contribution in [3.8, 4) is 11.4 Å². The molecule has 2 aromatic rings. The summed E-state index contributed by atoms with van der Waals surface area (Å²) in [6.07, 6.45) is 0. The van der Waals surface area contributed by atoms with E-state index in [-0.39, 0.29) is 12.2 Å². The molecule has 172 valence electrons. The van der Waals surface area contributed by atoms with Crippen molar-refractivity contribution in [1.82, 2.24) is 9.97 Å². The molecule has 0 aliphatic rings.